The monoisotopic (exact) mass is 256 g/mol. The van der Waals surface area contributed by atoms with Gasteiger partial charge in [0, 0.05) is 29.4 Å². The number of benzene rings is 2. The summed E-state index contributed by atoms with van der Waals surface area (Å²) in [6.07, 6.45) is 2.10. The van der Waals surface area contributed by atoms with Crippen molar-refractivity contribution < 1.29 is 0 Å². The minimum atomic E-state index is 0.855. The molecule has 0 saturated carbocycles. The van der Waals surface area contributed by atoms with Crippen LogP contribution in [0.1, 0.15) is 11.1 Å². The van der Waals surface area contributed by atoms with Crippen molar-refractivity contribution in [3.8, 4) is 0 Å². The first-order valence-corrected chi connectivity index (χ1v) is 7.25. The van der Waals surface area contributed by atoms with Crippen molar-refractivity contribution in [1.82, 2.24) is 0 Å². The SMILES string of the molecule is CSc1ccc(N2Cc3ccc(N)cc3C2)cc1. The molecule has 0 aromatic heterocycles. The predicted octanol–water partition coefficient (Wildman–Crippen LogP) is 3.51. The van der Waals surface area contributed by atoms with E-state index in [0.717, 1.165) is 18.8 Å². The summed E-state index contributed by atoms with van der Waals surface area (Å²) in [5, 5.41) is 0. The topological polar surface area (TPSA) is 29.3 Å². The average molecular weight is 256 g/mol. The van der Waals surface area contributed by atoms with Crippen LogP contribution in [0.25, 0.3) is 0 Å². The number of thioether (sulfide) groups is 1. The normalized spacial score (nSPS) is 13.7. The molecular weight excluding hydrogens is 240 g/mol. The van der Waals surface area contributed by atoms with E-state index in [9.17, 15) is 0 Å². The van der Waals surface area contributed by atoms with E-state index in [2.05, 4.69) is 47.6 Å². The minimum Gasteiger partial charge on any atom is -0.399 e. The fourth-order valence-electron chi connectivity index (χ4n) is 2.39. The Hall–Kier alpha value is -1.61. The second kappa shape index (κ2) is 4.58. The fraction of sp³-hybridized carbons (Fsp3) is 0.200. The molecule has 3 rings (SSSR count). The predicted molar refractivity (Wildman–Crippen MR) is 79.0 cm³/mol. The quantitative estimate of drug-likeness (QED) is 0.658. The van der Waals surface area contributed by atoms with E-state index in [-0.39, 0.29) is 0 Å². The largest absolute Gasteiger partial charge is 0.399 e. The first kappa shape index (κ1) is 11.5. The molecule has 0 atom stereocenters. The molecule has 0 bridgehead atoms. The van der Waals surface area contributed by atoms with Crippen molar-refractivity contribution in [3.63, 3.8) is 0 Å². The third kappa shape index (κ3) is 2.06. The molecule has 18 heavy (non-hydrogen) atoms. The molecule has 2 nitrogen and oxygen atoms in total. The van der Waals surface area contributed by atoms with E-state index >= 15 is 0 Å². The molecule has 0 radical (unpaired) electrons. The molecule has 2 N–H and O–H groups in total. The number of anilines is 2. The van der Waals surface area contributed by atoms with Gasteiger partial charge in [0.1, 0.15) is 0 Å². The smallest absolute Gasteiger partial charge is 0.0437 e. The Kier molecular flexibility index (Phi) is 2.92. The molecule has 1 heterocycles. The van der Waals surface area contributed by atoms with Crippen LogP contribution in [0.3, 0.4) is 0 Å². The van der Waals surface area contributed by atoms with Crippen LogP contribution in [0, 0.1) is 0 Å². The van der Waals surface area contributed by atoms with E-state index in [4.69, 9.17) is 5.73 Å². The Morgan fingerprint density at radius 2 is 1.72 bits per heavy atom. The van der Waals surface area contributed by atoms with Crippen LogP contribution in [0.15, 0.2) is 47.4 Å². The van der Waals surface area contributed by atoms with Gasteiger partial charge in [-0.15, -0.1) is 11.8 Å². The molecule has 2 aromatic rings. The fourth-order valence-corrected chi connectivity index (χ4v) is 2.80. The zero-order valence-electron chi connectivity index (χ0n) is 10.4. The summed E-state index contributed by atoms with van der Waals surface area (Å²) in [6.45, 7) is 1.94. The molecule has 2 aromatic carbocycles. The summed E-state index contributed by atoms with van der Waals surface area (Å²) in [7, 11) is 0. The van der Waals surface area contributed by atoms with Crippen LogP contribution in [0.5, 0.6) is 0 Å². The Labute approximate surface area is 112 Å². The maximum Gasteiger partial charge on any atom is 0.0437 e. The van der Waals surface area contributed by atoms with Crippen LogP contribution in [-0.4, -0.2) is 6.26 Å². The summed E-state index contributed by atoms with van der Waals surface area (Å²) >= 11 is 1.77. The summed E-state index contributed by atoms with van der Waals surface area (Å²) in [4.78, 5) is 3.69. The molecule has 0 unspecified atom stereocenters. The first-order valence-electron chi connectivity index (χ1n) is 6.02. The number of hydrogen-bond donors (Lipinski definition) is 1. The van der Waals surface area contributed by atoms with Gasteiger partial charge in [-0.2, -0.15) is 0 Å². The lowest BCUT2D eigenvalue weighted by atomic mass is 10.1. The molecule has 3 heteroatoms. The maximum atomic E-state index is 5.83. The Balaban J connectivity index is 1.84. The Morgan fingerprint density at radius 3 is 2.44 bits per heavy atom. The highest BCUT2D eigenvalue weighted by Gasteiger charge is 2.18. The molecule has 0 fully saturated rings. The van der Waals surface area contributed by atoms with Crippen molar-refractivity contribution in [2.75, 3.05) is 16.9 Å². The molecule has 0 aliphatic carbocycles. The lowest BCUT2D eigenvalue weighted by Crippen LogP contribution is -2.14. The average Bonchev–Trinajstić information content (AvgIpc) is 2.81. The van der Waals surface area contributed by atoms with E-state index in [0.29, 0.717) is 0 Å². The van der Waals surface area contributed by atoms with Gasteiger partial charge in [-0.3, -0.25) is 0 Å². The zero-order chi connectivity index (χ0) is 12.5. The highest BCUT2D eigenvalue weighted by molar-refractivity contribution is 7.98. The summed E-state index contributed by atoms with van der Waals surface area (Å²) < 4.78 is 0. The standard InChI is InChI=1S/C15H16N2S/c1-18-15-6-4-14(5-7-15)17-9-11-2-3-13(16)8-12(11)10-17/h2-8H,9-10,16H2,1H3. The first-order chi connectivity index (χ1) is 8.76. The van der Waals surface area contributed by atoms with Gasteiger partial charge in [-0.1, -0.05) is 6.07 Å². The molecule has 1 aliphatic rings. The van der Waals surface area contributed by atoms with Gasteiger partial charge >= 0.3 is 0 Å². The van der Waals surface area contributed by atoms with Gasteiger partial charge < -0.3 is 10.6 Å². The number of hydrogen-bond acceptors (Lipinski definition) is 3. The van der Waals surface area contributed by atoms with Crippen molar-refractivity contribution in [3.05, 3.63) is 53.6 Å². The number of nitrogens with zero attached hydrogens (tertiary/aromatic N) is 1. The van der Waals surface area contributed by atoms with Crippen LogP contribution in [0.4, 0.5) is 11.4 Å². The van der Waals surface area contributed by atoms with Crippen LogP contribution < -0.4 is 10.6 Å². The summed E-state index contributed by atoms with van der Waals surface area (Å²) in [6, 6.07) is 15.0. The number of nitrogen functional groups attached to an aromatic ring is 1. The molecule has 0 amide bonds. The van der Waals surface area contributed by atoms with E-state index in [1.54, 1.807) is 11.8 Å². The summed E-state index contributed by atoms with van der Waals surface area (Å²) in [5.74, 6) is 0. The number of rotatable bonds is 2. The van der Waals surface area contributed by atoms with Gasteiger partial charge in [0.25, 0.3) is 0 Å². The van der Waals surface area contributed by atoms with Crippen LogP contribution in [-0.2, 0) is 13.1 Å². The summed E-state index contributed by atoms with van der Waals surface area (Å²) in [5.41, 5.74) is 10.7. The number of nitrogens with two attached hydrogens (primary N) is 1. The third-order valence-corrected chi connectivity index (χ3v) is 4.13. The molecule has 1 aliphatic heterocycles. The van der Waals surface area contributed by atoms with Crippen LogP contribution in [0.2, 0.25) is 0 Å². The van der Waals surface area contributed by atoms with Gasteiger partial charge in [-0.25, -0.2) is 0 Å². The highest BCUT2D eigenvalue weighted by Crippen LogP contribution is 2.30. The van der Waals surface area contributed by atoms with Crippen molar-refractivity contribution in [2.24, 2.45) is 0 Å². The Bertz CT molecular complexity index is 563. The second-order valence-electron chi connectivity index (χ2n) is 4.58. The van der Waals surface area contributed by atoms with Gasteiger partial charge in [0.15, 0.2) is 0 Å². The Morgan fingerprint density at radius 1 is 1.00 bits per heavy atom. The minimum absolute atomic E-state index is 0.855. The second-order valence-corrected chi connectivity index (χ2v) is 5.46. The van der Waals surface area contributed by atoms with Gasteiger partial charge in [0.05, 0.1) is 0 Å². The molecule has 0 spiro atoms. The maximum absolute atomic E-state index is 5.83. The third-order valence-electron chi connectivity index (χ3n) is 3.39. The lowest BCUT2D eigenvalue weighted by molar-refractivity contribution is 0.879. The lowest BCUT2D eigenvalue weighted by Gasteiger charge is -2.17. The molecular formula is C15H16N2S. The van der Waals surface area contributed by atoms with E-state index in [1.807, 2.05) is 6.07 Å². The van der Waals surface area contributed by atoms with E-state index < -0.39 is 0 Å². The zero-order valence-corrected chi connectivity index (χ0v) is 11.2. The number of fused-ring (bicyclic) bond motifs is 1. The molecule has 0 saturated heterocycles. The van der Waals surface area contributed by atoms with Gasteiger partial charge in [0.2, 0.25) is 0 Å². The van der Waals surface area contributed by atoms with Crippen LogP contribution >= 0.6 is 11.8 Å². The van der Waals surface area contributed by atoms with Crippen molar-refractivity contribution in [1.29, 1.82) is 0 Å². The van der Waals surface area contributed by atoms with Crippen molar-refractivity contribution >= 4 is 23.1 Å². The highest BCUT2D eigenvalue weighted by atomic mass is 32.2. The molecule has 92 valence electrons. The van der Waals surface area contributed by atoms with Gasteiger partial charge in [-0.05, 0) is 53.8 Å². The van der Waals surface area contributed by atoms with Crippen molar-refractivity contribution in [2.45, 2.75) is 18.0 Å². The van der Waals surface area contributed by atoms with E-state index in [1.165, 1.54) is 21.7 Å².